The van der Waals surface area contributed by atoms with Crippen LogP contribution in [0.5, 0.6) is 0 Å². The minimum absolute atomic E-state index is 0.217. The van der Waals surface area contributed by atoms with E-state index in [1.54, 1.807) is 27.6 Å². The van der Waals surface area contributed by atoms with Crippen molar-refractivity contribution in [1.82, 2.24) is 19.5 Å². The van der Waals surface area contributed by atoms with Gasteiger partial charge in [0.05, 0.1) is 34.9 Å². The van der Waals surface area contributed by atoms with Crippen LogP contribution < -0.4 is 4.72 Å². The maximum absolute atomic E-state index is 13.7. The molecule has 2 aliphatic rings. The van der Waals surface area contributed by atoms with Crippen molar-refractivity contribution in [2.45, 2.75) is 57.9 Å². The van der Waals surface area contributed by atoms with E-state index in [0.29, 0.717) is 28.8 Å². The van der Waals surface area contributed by atoms with E-state index in [4.69, 9.17) is 21.7 Å². The normalized spacial score (nSPS) is 18.9. The van der Waals surface area contributed by atoms with Crippen LogP contribution in [0, 0.1) is 13.8 Å². The highest BCUT2D eigenvalue weighted by Crippen LogP contribution is 2.42. The molecule has 1 saturated carbocycles. The van der Waals surface area contributed by atoms with E-state index in [0.717, 1.165) is 60.9 Å². The van der Waals surface area contributed by atoms with Crippen LogP contribution in [0.1, 0.15) is 76.9 Å². The fourth-order valence-corrected chi connectivity index (χ4v) is 5.56. The quantitative estimate of drug-likeness (QED) is 0.515. The Kier molecular flexibility index (Phi) is 5.80. The van der Waals surface area contributed by atoms with Gasteiger partial charge in [0.15, 0.2) is 5.65 Å². The zero-order valence-electron chi connectivity index (χ0n) is 19.5. The third-order valence-corrected chi connectivity index (χ3v) is 7.63. The van der Waals surface area contributed by atoms with Crippen LogP contribution in [0.25, 0.3) is 5.65 Å². The summed E-state index contributed by atoms with van der Waals surface area (Å²) < 4.78 is 27.9. The van der Waals surface area contributed by atoms with Crippen molar-refractivity contribution in [1.29, 1.82) is 0 Å². The summed E-state index contributed by atoms with van der Waals surface area (Å²) in [6, 6.07) is 6.84. The van der Waals surface area contributed by atoms with Crippen molar-refractivity contribution >= 4 is 38.9 Å². The number of amides is 1. The van der Waals surface area contributed by atoms with E-state index in [-0.39, 0.29) is 17.6 Å². The zero-order valence-corrected chi connectivity index (χ0v) is 21.1. The van der Waals surface area contributed by atoms with Gasteiger partial charge in [0.1, 0.15) is 5.15 Å². The highest BCUT2D eigenvalue weighted by atomic mass is 35.5. The molecule has 1 aromatic carbocycles. The predicted molar refractivity (Wildman–Crippen MR) is 132 cm³/mol. The molecule has 1 aliphatic carbocycles. The van der Waals surface area contributed by atoms with Gasteiger partial charge in [-0.15, -0.1) is 0 Å². The summed E-state index contributed by atoms with van der Waals surface area (Å²) in [5, 5.41) is 5.32. The Labute approximate surface area is 204 Å². The molecule has 2 aromatic heterocycles. The third-order valence-electron chi connectivity index (χ3n) is 6.59. The van der Waals surface area contributed by atoms with E-state index in [1.165, 1.54) is 0 Å². The van der Waals surface area contributed by atoms with Gasteiger partial charge < -0.3 is 4.90 Å². The number of anilines is 1. The average molecular weight is 502 g/mol. The molecule has 0 unspecified atom stereocenters. The number of carbonyl (C=O) groups is 1. The smallest absolute Gasteiger partial charge is 0.256 e. The molecular formula is C24H28ClN5O3S. The van der Waals surface area contributed by atoms with E-state index in [2.05, 4.69) is 4.72 Å². The number of hydrogen-bond acceptors (Lipinski definition) is 5. The largest absolute Gasteiger partial charge is 0.330 e. The first kappa shape index (κ1) is 23.1. The Bertz CT molecular complexity index is 1400. The molecule has 1 saturated heterocycles. The lowest BCUT2D eigenvalue weighted by molar-refractivity contribution is 0.0606. The maximum atomic E-state index is 13.7. The minimum Gasteiger partial charge on any atom is -0.330 e. The molecule has 3 heterocycles. The molecular weight excluding hydrogens is 474 g/mol. The van der Waals surface area contributed by atoms with Gasteiger partial charge >= 0.3 is 0 Å². The molecule has 0 radical (unpaired) electrons. The number of aryl methyl sites for hydroxylation is 1. The second-order valence-electron chi connectivity index (χ2n) is 9.46. The van der Waals surface area contributed by atoms with Crippen LogP contribution >= 0.6 is 11.6 Å². The van der Waals surface area contributed by atoms with Crippen molar-refractivity contribution in [3.63, 3.8) is 0 Å². The van der Waals surface area contributed by atoms with Gasteiger partial charge in [-0.3, -0.25) is 9.52 Å². The van der Waals surface area contributed by atoms with Crippen LogP contribution in [0.4, 0.5) is 5.69 Å². The highest BCUT2D eigenvalue weighted by molar-refractivity contribution is 7.92. The number of benzene rings is 1. The second kappa shape index (κ2) is 8.53. The lowest BCUT2D eigenvalue weighted by atomic mass is 9.97. The lowest BCUT2D eigenvalue weighted by Crippen LogP contribution is -2.39. The van der Waals surface area contributed by atoms with Gasteiger partial charge in [-0.05, 0) is 58.1 Å². The molecule has 10 heteroatoms. The minimum atomic E-state index is -3.53. The fraction of sp³-hybridized carbons (Fsp3) is 0.458. The summed E-state index contributed by atoms with van der Waals surface area (Å²) >= 11 is 6.66. The number of hydrogen-bond donors (Lipinski definition) is 1. The number of halogens is 1. The van der Waals surface area contributed by atoms with Gasteiger partial charge in [0.25, 0.3) is 5.91 Å². The van der Waals surface area contributed by atoms with Gasteiger partial charge in [0.2, 0.25) is 10.0 Å². The summed E-state index contributed by atoms with van der Waals surface area (Å²) in [6.45, 7) is 4.43. The van der Waals surface area contributed by atoms with Gasteiger partial charge in [0, 0.05) is 24.1 Å². The predicted octanol–water partition coefficient (Wildman–Crippen LogP) is 4.62. The van der Waals surface area contributed by atoms with Gasteiger partial charge in [-0.1, -0.05) is 23.2 Å². The molecule has 3 aromatic rings. The van der Waals surface area contributed by atoms with E-state index >= 15 is 0 Å². The van der Waals surface area contributed by atoms with Crippen LogP contribution in [-0.2, 0) is 10.0 Å². The Morgan fingerprint density at radius 1 is 1.15 bits per heavy atom. The lowest BCUT2D eigenvalue weighted by Gasteiger charge is -2.35. The summed E-state index contributed by atoms with van der Waals surface area (Å²) in [7, 11) is -3.53. The number of piperidine rings is 1. The summed E-state index contributed by atoms with van der Waals surface area (Å²) in [4.78, 5) is 20.4. The van der Waals surface area contributed by atoms with Crippen molar-refractivity contribution < 1.29 is 13.2 Å². The number of nitrogens with zero attached hydrogens (tertiary/aromatic N) is 4. The van der Waals surface area contributed by atoms with Gasteiger partial charge in [-0.25, -0.2) is 17.9 Å². The number of fused-ring (bicyclic) bond motifs is 1. The van der Waals surface area contributed by atoms with Crippen molar-refractivity contribution in [3.05, 3.63) is 57.5 Å². The summed E-state index contributed by atoms with van der Waals surface area (Å²) in [5.74, 6) is 0.251. The standard InChI is InChI=1S/C24H28ClN5O3S/c1-14-7-10-18(28-34(3,32)33)17(12-14)24(31)29-11-5-4-6-20(29)19-13-21-26-22(16-8-9-16)15(2)23(25)30(21)27-19/h7,10,12-13,16,20,28H,4-6,8-9,11H2,1-3H3/t20-/m0/s1. The highest BCUT2D eigenvalue weighted by Gasteiger charge is 2.33. The van der Waals surface area contributed by atoms with Crippen LogP contribution in [-0.4, -0.2) is 46.6 Å². The number of rotatable bonds is 5. The Balaban J connectivity index is 1.53. The van der Waals surface area contributed by atoms with E-state index in [1.807, 2.05) is 19.9 Å². The molecule has 5 rings (SSSR count). The molecule has 8 nitrogen and oxygen atoms in total. The van der Waals surface area contributed by atoms with Crippen molar-refractivity contribution in [3.8, 4) is 0 Å². The first-order valence-electron chi connectivity index (χ1n) is 11.6. The Morgan fingerprint density at radius 3 is 2.62 bits per heavy atom. The number of likely N-dealkylation sites (tertiary alicyclic amines) is 1. The Morgan fingerprint density at radius 2 is 1.91 bits per heavy atom. The maximum Gasteiger partial charge on any atom is 0.256 e. The SMILES string of the molecule is Cc1ccc(NS(C)(=O)=O)c(C(=O)N2CCCC[C@H]2c2cc3nc(C4CC4)c(C)c(Cl)n3n2)c1. The molecule has 0 bridgehead atoms. The van der Waals surface area contributed by atoms with Crippen LogP contribution in [0.3, 0.4) is 0 Å². The Hall–Kier alpha value is -2.65. The molecule has 1 amide bonds. The van der Waals surface area contributed by atoms with Gasteiger partial charge in [-0.2, -0.15) is 5.10 Å². The number of carbonyl (C=O) groups excluding carboxylic acids is 1. The van der Waals surface area contributed by atoms with E-state index in [9.17, 15) is 13.2 Å². The van der Waals surface area contributed by atoms with Crippen LogP contribution in [0.2, 0.25) is 5.15 Å². The van der Waals surface area contributed by atoms with E-state index < -0.39 is 10.0 Å². The number of aromatic nitrogens is 3. The molecule has 1 aliphatic heterocycles. The molecule has 0 spiro atoms. The number of nitrogens with one attached hydrogen (secondary N) is 1. The molecule has 180 valence electrons. The topological polar surface area (TPSA) is 96.7 Å². The zero-order chi connectivity index (χ0) is 24.2. The second-order valence-corrected chi connectivity index (χ2v) is 11.6. The fourth-order valence-electron chi connectivity index (χ4n) is 4.76. The monoisotopic (exact) mass is 501 g/mol. The first-order chi connectivity index (χ1) is 16.1. The third kappa shape index (κ3) is 4.38. The molecule has 1 atom stereocenters. The molecule has 2 fully saturated rings. The molecule has 1 N–H and O–H groups in total. The van der Waals surface area contributed by atoms with Crippen molar-refractivity contribution in [2.75, 3.05) is 17.5 Å². The average Bonchev–Trinajstić information content (AvgIpc) is 3.54. The van der Waals surface area contributed by atoms with Crippen molar-refractivity contribution in [2.24, 2.45) is 0 Å². The number of sulfonamides is 1. The first-order valence-corrected chi connectivity index (χ1v) is 13.8. The molecule has 34 heavy (non-hydrogen) atoms. The summed E-state index contributed by atoms with van der Waals surface area (Å²) in [5.41, 5.74) is 4.94. The summed E-state index contributed by atoms with van der Waals surface area (Å²) in [6.07, 6.45) is 5.95. The van der Waals surface area contributed by atoms with Crippen LogP contribution in [0.15, 0.2) is 24.3 Å².